The van der Waals surface area contributed by atoms with E-state index in [9.17, 15) is 9.59 Å². The summed E-state index contributed by atoms with van der Waals surface area (Å²) >= 11 is 0. The van der Waals surface area contributed by atoms with Crippen LogP contribution >= 0.6 is 0 Å². The highest BCUT2D eigenvalue weighted by Crippen LogP contribution is 2.29. The molecular weight excluding hydrogens is 352 g/mol. The van der Waals surface area contributed by atoms with E-state index in [0.29, 0.717) is 5.82 Å². The molecule has 0 spiro atoms. The number of fused-ring (bicyclic) bond motifs is 1. The van der Waals surface area contributed by atoms with E-state index >= 15 is 0 Å². The van der Waals surface area contributed by atoms with Gasteiger partial charge in [0.1, 0.15) is 5.82 Å². The summed E-state index contributed by atoms with van der Waals surface area (Å²) in [5, 5.41) is 10.3. The van der Waals surface area contributed by atoms with Gasteiger partial charge in [-0.15, -0.1) is 0 Å². The van der Waals surface area contributed by atoms with Crippen LogP contribution in [0.3, 0.4) is 0 Å². The molecule has 2 N–H and O–H groups in total. The van der Waals surface area contributed by atoms with Gasteiger partial charge in [0.15, 0.2) is 5.69 Å². The van der Waals surface area contributed by atoms with Crippen LogP contribution in [0, 0.1) is 0 Å². The molecule has 0 fully saturated rings. The van der Waals surface area contributed by atoms with Gasteiger partial charge in [-0.1, -0.05) is 42.5 Å². The third kappa shape index (κ3) is 3.67. The van der Waals surface area contributed by atoms with Crippen LogP contribution in [-0.2, 0) is 11.2 Å². The van der Waals surface area contributed by atoms with Gasteiger partial charge in [0.25, 0.3) is 5.91 Å². The molecule has 0 aliphatic heterocycles. The van der Waals surface area contributed by atoms with E-state index in [1.54, 1.807) is 10.7 Å². The predicted molar refractivity (Wildman–Crippen MR) is 107 cm³/mol. The summed E-state index contributed by atoms with van der Waals surface area (Å²) < 4.78 is 1.57. The summed E-state index contributed by atoms with van der Waals surface area (Å²) in [4.78, 5) is 24.5. The lowest BCUT2D eigenvalue weighted by molar-refractivity contribution is -0.114. The molecular formula is C22H22N4O2. The minimum Gasteiger partial charge on any atom is -0.344 e. The van der Waals surface area contributed by atoms with Crippen molar-refractivity contribution in [3.05, 3.63) is 77.5 Å². The number of nitrogens with zero attached hydrogens (tertiary/aromatic N) is 2. The Balaban J connectivity index is 1.62. The first kappa shape index (κ1) is 18.0. The van der Waals surface area contributed by atoms with Crippen molar-refractivity contribution in [2.45, 2.75) is 32.2 Å². The highest BCUT2D eigenvalue weighted by atomic mass is 16.2. The number of carbonyl (C=O) groups excluding carboxylic acids is 2. The molecule has 0 saturated carbocycles. The van der Waals surface area contributed by atoms with Crippen molar-refractivity contribution < 1.29 is 9.59 Å². The molecule has 6 nitrogen and oxygen atoms in total. The van der Waals surface area contributed by atoms with Crippen LogP contribution in [0.1, 0.15) is 47.4 Å². The molecule has 28 heavy (non-hydrogen) atoms. The summed E-state index contributed by atoms with van der Waals surface area (Å²) in [5.74, 6) is 0.00104. The Labute approximate surface area is 163 Å². The van der Waals surface area contributed by atoms with Gasteiger partial charge in [0.05, 0.1) is 11.7 Å². The number of hydrogen-bond acceptors (Lipinski definition) is 3. The van der Waals surface area contributed by atoms with Crippen molar-refractivity contribution in [3.8, 4) is 5.69 Å². The van der Waals surface area contributed by atoms with E-state index in [1.165, 1.54) is 18.1 Å². The molecule has 0 saturated heterocycles. The van der Waals surface area contributed by atoms with Gasteiger partial charge in [-0.05, 0) is 42.5 Å². The Bertz CT molecular complexity index is 1010. The van der Waals surface area contributed by atoms with Gasteiger partial charge in [-0.3, -0.25) is 9.59 Å². The standard InChI is InChI=1S/C22H22N4O2/c1-15(27)23-21-14-20(25-26(21)17-10-3-2-4-11-17)22(28)24-19-13-7-9-16-8-5-6-12-18(16)19/h2-6,8,10-12,14,19H,7,9,13H2,1H3,(H,23,27)(H,24,28). The van der Waals surface area contributed by atoms with Crippen molar-refractivity contribution in [2.24, 2.45) is 0 Å². The largest absolute Gasteiger partial charge is 0.344 e. The smallest absolute Gasteiger partial charge is 0.272 e. The third-order valence-corrected chi connectivity index (χ3v) is 4.92. The zero-order chi connectivity index (χ0) is 19.5. The average Bonchev–Trinajstić information content (AvgIpc) is 3.12. The number of aromatic nitrogens is 2. The lowest BCUT2D eigenvalue weighted by atomic mass is 9.88. The Morgan fingerprint density at radius 2 is 1.82 bits per heavy atom. The highest BCUT2D eigenvalue weighted by molar-refractivity contribution is 5.95. The zero-order valence-electron chi connectivity index (χ0n) is 15.7. The van der Waals surface area contributed by atoms with E-state index in [1.807, 2.05) is 42.5 Å². The molecule has 4 rings (SSSR count). The molecule has 1 aromatic heterocycles. The summed E-state index contributed by atoms with van der Waals surface area (Å²) in [6.45, 7) is 1.43. The summed E-state index contributed by atoms with van der Waals surface area (Å²) in [5.41, 5.74) is 3.50. The molecule has 1 aliphatic rings. The molecule has 6 heteroatoms. The van der Waals surface area contributed by atoms with Crippen LogP contribution in [0.2, 0.25) is 0 Å². The topological polar surface area (TPSA) is 76.0 Å². The number of rotatable bonds is 4. The lowest BCUT2D eigenvalue weighted by Gasteiger charge is -2.26. The second kappa shape index (κ2) is 7.68. The number of nitrogens with one attached hydrogen (secondary N) is 2. The van der Waals surface area contributed by atoms with Crippen LogP contribution < -0.4 is 10.6 Å². The quantitative estimate of drug-likeness (QED) is 0.732. The van der Waals surface area contributed by atoms with Gasteiger partial charge < -0.3 is 10.6 Å². The van der Waals surface area contributed by atoms with Crippen LogP contribution in [0.25, 0.3) is 5.69 Å². The second-order valence-electron chi connectivity index (χ2n) is 6.96. The van der Waals surface area contributed by atoms with Crippen molar-refractivity contribution in [3.63, 3.8) is 0 Å². The van der Waals surface area contributed by atoms with Crippen LogP contribution in [0.4, 0.5) is 5.82 Å². The molecule has 1 atom stereocenters. The van der Waals surface area contributed by atoms with Crippen LogP contribution in [0.5, 0.6) is 0 Å². The molecule has 142 valence electrons. The fraction of sp³-hybridized carbons (Fsp3) is 0.227. The minimum absolute atomic E-state index is 0.0245. The van der Waals surface area contributed by atoms with Gasteiger partial charge in [0, 0.05) is 13.0 Å². The normalized spacial score (nSPS) is 15.5. The third-order valence-electron chi connectivity index (χ3n) is 4.92. The number of amides is 2. The molecule has 1 unspecified atom stereocenters. The van der Waals surface area contributed by atoms with Crippen molar-refractivity contribution in [2.75, 3.05) is 5.32 Å². The maximum absolute atomic E-state index is 12.9. The molecule has 2 amide bonds. The number of hydrogen-bond donors (Lipinski definition) is 2. The van der Waals surface area contributed by atoms with E-state index in [2.05, 4.69) is 27.9 Å². The van der Waals surface area contributed by atoms with E-state index in [-0.39, 0.29) is 23.6 Å². The SMILES string of the molecule is CC(=O)Nc1cc(C(=O)NC2CCCc3ccccc32)nn1-c1ccccc1. The number of para-hydroxylation sites is 1. The zero-order valence-corrected chi connectivity index (χ0v) is 15.7. The number of anilines is 1. The van der Waals surface area contributed by atoms with E-state index in [0.717, 1.165) is 24.9 Å². The van der Waals surface area contributed by atoms with Gasteiger partial charge >= 0.3 is 0 Å². The summed E-state index contributed by atoms with van der Waals surface area (Å²) in [6, 6.07) is 19.2. The average molecular weight is 374 g/mol. The van der Waals surface area contributed by atoms with E-state index in [4.69, 9.17) is 0 Å². The Hall–Kier alpha value is -3.41. The molecule has 3 aromatic rings. The van der Waals surface area contributed by atoms with Crippen LogP contribution in [0.15, 0.2) is 60.7 Å². The Morgan fingerprint density at radius 3 is 2.61 bits per heavy atom. The number of aryl methyl sites for hydroxylation is 1. The molecule has 1 heterocycles. The van der Waals surface area contributed by atoms with Gasteiger partial charge in [0.2, 0.25) is 5.91 Å². The van der Waals surface area contributed by atoms with Crippen molar-refractivity contribution in [1.29, 1.82) is 0 Å². The first-order chi connectivity index (χ1) is 13.6. The molecule has 0 radical (unpaired) electrons. The number of carbonyl (C=O) groups is 2. The van der Waals surface area contributed by atoms with Crippen molar-refractivity contribution in [1.82, 2.24) is 15.1 Å². The summed E-state index contributed by atoms with van der Waals surface area (Å²) in [7, 11) is 0. The first-order valence-corrected chi connectivity index (χ1v) is 9.43. The fourth-order valence-corrected chi connectivity index (χ4v) is 3.66. The predicted octanol–water partition coefficient (Wildman–Crippen LogP) is 3.64. The fourth-order valence-electron chi connectivity index (χ4n) is 3.66. The van der Waals surface area contributed by atoms with Gasteiger partial charge in [-0.2, -0.15) is 5.10 Å². The summed E-state index contributed by atoms with van der Waals surface area (Å²) in [6.07, 6.45) is 2.98. The minimum atomic E-state index is -0.247. The lowest BCUT2D eigenvalue weighted by Crippen LogP contribution is -2.31. The maximum atomic E-state index is 12.9. The molecule has 1 aliphatic carbocycles. The van der Waals surface area contributed by atoms with Crippen molar-refractivity contribution >= 4 is 17.6 Å². The highest BCUT2D eigenvalue weighted by Gasteiger charge is 2.24. The number of benzene rings is 2. The first-order valence-electron chi connectivity index (χ1n) is 9.43. The Morgan fingerprint density at radius 1 is 1.07 bits per heavy atom. The molecule has 0 bridgehead atoms. The Kier molecular flexibility index (Phi) is 4.93. The molecule has 2 aromatic carbocycles. The van der Waals surface area contributed by atoms with E-state index < -0.39 is 0 Å². The second-order valence-corrected chi connectivity index (χ2v) is 6.96. The van der Waals surface area contributed by atoms with Crippen LogP contribution in [-0.4, -0.2) is 21.6 Å². The maximum Gasteiger partial charge on any atom is 0.272 e. The van der Waals surface area contributed by atoms with Gasteiger partial charge in [-0.25, -0.2) is 4.68 Å². The monoisotopic (exact) mass is 374 g/mol.